The molecule has 0 atom stereocenters. The number of nitrogens with zero attached hydrogens (tertiary/aromatic N) is 4. The highest BCUT2D eigenvalue weighted by Gasteiger charge is 2.42. The van der Waals surface area contributed by atoms with Gasteiger partial charge in [0.15, 0.2) is 10.2 Å². The molecule has 8 nitrogen and oxygen atoms in total. The molecule has 0 aromatic carbocycles. The zero-order chi connectivity index (χ0) is 27.5. The molecule has 4 amide bonds. The van der Waals surface area contributed by atoms with Crippen molar-refractivity contribution in [3.05, 3.63) is 23.8 Å². The maximum absolute atomic E-state index is 13.2. The first-order valence-electron chi connectivity index (χ1n) is 13.5. The summed E-state index contributed by atoms with van der Waals surface area (Å²) in [6.45, 7) is 9.85. The number of rotatable bonds is 14. The van der Waals surface area contributed by atoms with E-state index in [4.69, 9.17) is 24.4 Å². The Bertz CT molecular complexity index is 900. The van der Waals surface area contributed by atoms with E-state index in [2.05, 4.69) is 0 Å². The van der Waals surface area contributed by atoms with E-state index in [1.807, 2.05) is 27.7 Å². The standard InChI is InChI=1S/C27H40N4O4S2/c1-5-9-16-28-22(32)20(23(33)29(26(28)36)17-10-6-2)14-13-15-21-24(34)30(18-11-7-3)27(37)31(25(21)35)19-12-8-4/h13-15,20H,5-12,16-19H2,1-4H3. The second-order valence-corrected chi connectivity index (χ2v) is 10.0. The van der Waals surface area contributed by atoms with Crippen LogP contribution in [-0.4, -0.2) is 79.6 Å². The average Bonchev–Trinajstić information content (AvgIpc) is 2.87. The zero-order valence-electron chi connectivity index (χ0n) is 22.5. The Labute approximate surface area is 231 Å². The third kappa shape index (κ3) is 7.31. The van der Waals surface area contributed by atoms with Gasteiger partial charge in [-0.25, -0.2) is 0 Å². The fourth-order valence-corrected chi connectivity index (χ4v) is 4.83. The molecule has 0 aromatic rings. The van der Waals surface area contributed by atoms with Crippen LogP contribution in [0.4, 0.5) is 0 Å². The molecule has 0 bridgehead atoms. The third-order valence-corrected chi connectivity index (χ3v) is 7.33. The number of carbonyl (C=O) groups is 4. The van der Waals surface area contributed by atoms with Gasteiger partial charge in [0.2, 0.25) is 11.8 Å². The highest BCUT2D eigenvalue weighted by Crippen LogP contribution is 2.23. The van der Waals surface area contributed by atoms with Gasteiger partial charge in [-0.05, 0) is 56.2 Å². The Hall–Kier alpha value is -2.46. The lowest BCUT2D eigenvalue weighted by atomic mass is 10.0. The van der Waals surface area contributed by atoms with E-state index >= 15 is 0 Å². The van der Waals surface area contributed by atoms with E-state index in [1.165, 1.54) is 37.8 Å². The Balaban J connectivity index is 2.37. The molecule has 204 valence electrons. The fourth-order valence-electron chi connectivity index (χ4n) is 4.12. The van der Waals surface area contributed by atoms with E-state index in [0.29, 0.717) is 26.2 Å². The van der Waals surface area contributed by atoms with Crippen LogP contribution in [0.3, 0.4) is 0 Å². The van der Waals surface area contributed by atoms with Crippen LogP contribution in [0.2, 0.25) is 0 Å². The summed E-state index contributed by atoms with van der Waals surface area (Å²) in [4.78, 5) is 58.8. The highest BCUT2D eigenvalue weighted by molar-refractivity contribution is 7.80. The molecule has 0 aliphatic carbocycles. The van der Waals surface area contributed by atoms with Crippen molar-refractivity contribution in [3.63, 3.8) is 0 Å². The van der Waals surface area contributed by atoms with E-state index in [1.54, 1.807) is 0 Å². The number of unbranched alkanes of at least 4 members (excludes halogenated alkanes) is 4. The van der Waals surface area contributed by atoms with Crippen molar-refractivity contribution in [1.82, 2.24) is 19.6 Å². The molecule has 2 heterocycles. The van der Waals surface area contributed by atoms with E-state index < -0.39 is 17.7 Å². The van der Waals surface area contributed by atoms with Crippen LogP contribution >= 0.6 is 24.4 Å². The van der Waals surface area contributed by atoms with E-state index in [9.17, 15) is 19.2 Å². The van der Waals surface area contributed by atoms with Gasteiger partial charge < -0.3 is 0 Å². The van der Waals surface area contributed by atoms with Crippen molar-refractivity contribution < 1.29 is 19.2 Å². The van der Waals surface area contributed by atoms with Gasteiger partial charge in [0.1, 0.15) is 11.5 Å². The number of hydrogen-bond acceptors (Lipinski definition) is 6. The second kappa shape index (κ2) is 15.1. The Morgan fingerprint density at radius 3 is 1.35 bits per heavy atom. The van der Waals surface area contributed by atoms with Gasteiger partial charge in [0.25, 0.3) is 11.8 Å². The molecule has 0 unspecified atom stereocenters. The first-order valence-corrected chi connectivity index (χ1v) is 14.3. The van der Waals surface area contributed by atoms with Gasteiger partial charge in [-0.3, -0.25) is 38.8 Å². The van der Waals surface area contributed by atoms with Crippen molar-refractivity contribution in [2.45, 2.75) is 79.1 Å². The number of amides is 4. The molecule has 0 saturated carbocycles. The van der Waals surface area contributed by atoms with Crippen LogP contribution in [0.15, 0.2) is 23.8 Å². The molecule has 0 aromatic heterocycles. The first-order chi connectivity index (χ1) is 17.7. The molecular weight excluding hydrogens is 508 g/mol. The van der Waals surface area contributed by atoms with Gasteiger partial charge >= 0.3 is 0 Å². The molecule has 2 fully saturated rings. The van der Waals surface area contributed by atoms with Crippen LogP contribution in [0.5, 0.6) is 0 Å². The van der Waals surface area contributed by atoms with Crippen molar-refractivity contribution in [2.24, 2.45) is 5.92 Å². The SMILES string of the molecule is CCCCN1C(=O)C(=CC=CC2C(=O)N(CCCC)C(=S)N(CCCC)C2=O)C(=O)N(CCCC)C1=S. The maximum atomic E-state index is 13.2. The summed E-state index contributed by atoms with van der Waals surface area (Å²) in [6.07, 6.45) is 10.9. The topological polar surface area (TPSA) is 81.2 Å². The lowest BCUT2D eigenvalue weighted by molar-refractivity contribution is -0.145. The van der Waals surface area contributed by atoms with Crippen LogP contribution in [0.25, 0.3) is 0 Å². The van der Waals surface area contributed by atoms with Gasteiger partial charge in [0.05, 0.1) is 0 Å². The molecule has 10 heteroatoms. The Morgan fingerprint density at radius 1 is 0.622 bits per heavy atom. The number of thiocarbonyl (C=S) groups is 2. The molecular formula is C27H40N4O4S2. The van der Waals surface area contributed by atoms with Crippen molar-refractivity contribution in [3.8, 4) is 0 Å². The lowest BCUT2D eigenvalue weighted by Gasteiger charge is -2.38. The second-order valence-electron chi connectivity index (χ2n) is 9.32. The van der Waals surface area contributed by atoms with Gasteiger partial charge in [0, 0.05) is 26.2 Å². The molecule has 2 aliphatic heterocycles. The van der Waals surface area contributed by atoms with Crippen LogP contribution in [-0.2, 0) is 19.2 Å². The molecule has 0 N–H and O–H groups in total. The summed E-state index contributed by atoms with van der Waals surface area (Å²) >= 11 is 11.0. The largest absolute Gasteiger partial charge is 0.288 e. The average molecular weight is 549 g/mol. The predicted octanol–water partition coefficient (Wildman–Crippen LogP) is 4.20. The van der Waals surface area contributed by atoms with Crippen LogP contribution < -0.4 is 0 Å². The minimum Gasteiger partial charge on any atom is -0.288 e. The van der Waals surface area contributed by atoms with Gasteiger partial charge in [-0.2, -0.15) is 0 Å². The molecule has 2 rings (SSSR count). The van der Waals surface area contributed by atoms with Crippen LogP contribution in [0.1, 0.15) is 79.1 Å². The summed E-state index contributed by atoms with van der Waals surface area (Å²) < 4.78 is 0. The van der Waals surface area contributed by atoms with Crippen molar-refractivity contribution in [1.29, 1.82) is 0 Å². The molecule has 0 spiro atoms. The molecule has 37 heavy (non-hydrogen) atoms. The number of allylic oxidation sites excluding steroid dienone is 2. The van der Waals surface area contributed by atoms with Gasteiger partial charge in [-0.15, -0.1) is 0 Å². The quantitative estimate of drug-likeness (QED) is 0.140. The Morgan fingerprint density at radius 2 is 0.973 bits per heavy atom. The van der Waals surface area contributed by atoms with Crippen molar-refractivity contribution >= 4 is 58.3 Å². The predicted molar refractivity (Wildman–Crippen MR) is 152 cm³/mol. The lowest BCUT2D eigenvalue weighted by Crippen LogP contribution is -2.59. The molecule has 2 saturated heterocycles. The minimum absolute atomic E-state index is 0.0195. The summed E-state index contributed by atoms with van der Waals surface area (Å²) in [7, 11) is 0. The third-order valence-electron chi connectivity index (χ3n) is 6.45. The first kappa shape index (κ1) is 30.8. The van der Waals surface area contributed by atoms with Gasteiger partial charge in [-0.1, -0.05) is 65.5 Å². The normalized spacial score (nSPS) is 17.8. The molecule has 0 radical (unpaired) electrons. The van der Waals surface area contributed by atoms with E-state index in [0.717, 1.165) is 51.4 Å². The number of carbonyl (C=O) groups excluding carboxylic acids is 4. The summed E-state index contributed by atoms with van der Waals surface area (Å²) in [5.41, 5.74) is -0.0195. The smallest absolute Gasteiger partial charge is 0.265 e. The highest BCUT2D eigenvalue weighted by atomic mass is 32.1. The van der Waals surface area contributed by atoms with Crippen LogP contribution in [0, 0.1) is 5.92 Å². The monoisotopic (exact) mass is 548 g/mol. The fraction of sp³-hybridized carbons (Fsp3) is 0.630. The van der Waals surface area contributed by atoms with Crippen molar-refractivity contribution in [2.75, 3.05) is 26.2 Å². The summed E-state index contributed by atoms with van der Waals surface area (Å²) in [5, 5.41) is 0.492. The molecule has 2 aliphatic rings. The Kier molecular flexibility index (Phi) is 12.5. The van der Waals surface area contributed by atoms with E-state index in [-0.39, 0.29) is 27.6 Å². The summed E-state index contributed by atoms with van der Waals surface area (Å²) in [6, 6.07) is 0. The maximum Gasteiger partial charge on any atom is 0.265 e. The summed E-state index contributed by atoms with van der Waals surface area (Å²) in [5.74, 6) is -2.70. The number of hydrogen-bond donors (Lipinski definition) is 0. The zero-order valence-corrected chi connectivity index (χ0v) is 24.2. The minimum atomic E-state index is -1.06.